The van der Waals surface area contributed by atoms with Gasteiger partial charge in [-0.3, -0.25) is 4.79 Å². The maximum absolute atomic E-state index is 13.1. The molecule has 9 heteroatoms. The predicted octanol–water partition coefficient (Wildman–Crippen LogP) is 3.67. The molecule has 1 amide bonds. The topological polar surface area (TPSA) is 95.9 Å². The number of anilines is 1. The lowest BCUT2D eigenvalue weighted by Crippen LogP contribution is -2.32. The Morgan fingerprint density at radius 2 is 1.81 bits per heavy atom. The Labute approximate surface area is 194 Å². The van der Waals surface area contributed by atoms with Gasteiger partial charge in [0.25, 0.3) is 0 Å². The smallest absolute Gasteiger partial charge is 0.243 e. The van der Waals surface area contributed by atoms with E-state index in [4.69, 9.17) is 4.74 Å². The summed E-state index contributed by atoms with van der Waals surface area (Å²) in [5.41, 5.74) is 1.12. The van der Waals surface area contributed by atoms with Gasteiger partial charge >= 0.3 is 0 Å². The highest BCUT2D eigenvalue weighted by atomic mass is 32.2. The van der Waals surface area contributed by atoms with Crippen LogP contribution in [0.5, 0.6) is 5.75 Å². The lowest BCUT2D eigenvalue weighted by atomic mass is 10.1. The molecule has 2 aromatic carbocycles. The van der Waals surface area contributed by atoms with Gasteiger partial charge in [0.2, 0.25) is 15.9 Å². The zero-order valence-corrected chi connectivity index (χ0v) is 19.8. The van der Waals surface area contributed by atoms with Gasteiger partial charge in [-0.25, -0.2) is 8.42 Å². The minimum atomic E-state index is -3.64. The van der Waals surface area contributed by atoms with Gasteiger partial charge in [0.05, 0.1) is 29.5 Å². The molecule has 0 bridgehead atoms. The van der Waals surface area contributed by atoms with Crippen LogP contribution in [0.15, 0.2) is 53.4 Å². The number of nitrogens with zero attached hydrogens (tertiary/aromatic N) is 1. The van der Waals surface area contributed by atoms with Crippen LogP contribution in [0.2, 0.25) is 0 Å². The number of aliphatic hydroxyl groups is 1. The van der Waals surface area contributed by atoms with Crippen LogP contribution >= 0.6 is 11.8 Å². The number of hydrogen-bond acceptors (Lipinski definition) is 6. The number of thioether (sulfide) groups is 1. The molecule has 7 nitrogen and oxygen atoms in total. The number of carbonyl (C=O) groups is 1. The molecule has 1 heterocycles. The molecule has 2 N–H and O–H groups in total. The highest BCUT2D eigenvalue weighted by Crippen LogP contribution is 2.30. The van der Waals surface area contributed by atoms with Gasteiger partial charge in [0.15, 0.2) is 0 Å². The fourth-order valence-corrected chi connectivity index (χ4v) is 5.93. The van der Waals surface area contributed by atoms with Crippen molar-refractivity contribution in [2.45, 2.75) is 36.7 Å². The number of hydrogen-bond donors (Lipinski definition) is 2. The van der Waals surface area contributed by atoms with Crippen LogP contribution in [0.25, 0.3) is 0 Å². The van der Waals surface area contributed by atoms with Gasteiger partial charge in [-0.15, -0.1) is 11.8 Å². The summed E-state index contributed by atoms with van der Waals surface area (Å²) in [6, 6.07) is 13.8. The summed E-state index contributed by atoms with van der Waals surface area (Å²) >= 11 is 1.30. The van der Waals surface area contributed by atoms with Crippen molar-refractivity contribution in [3.8, 4) is 5.75 Å². The Morgan fingerprint density at radius 1 is 1.12 bits per heavy atom. The van der Waals surface area contributed by atoms with Gasteiger partial charge in [-0.05, 0) is 36.6 Å². The number of nitrogens with one attached hydrogen (secondary N) is 1. The third-order valence-electron chi connectivity index (χ3n) is 5.34. The van der Waals surface area contributed by atoms with E-state index in [1.807, 2.05) is 30.3 Å². The maximum Gasteiger partial charge on any atom is 0.243 e. The molecule has 1 atom stereocenters. The summed E-state index contributed by atoms with van der Waals surface area (Å²) in [6.45, 7) is 1.02. The minimum absolute atomic E-state index is 0.121. The minimum Gasteiger partial charge on any atom is -0.495 e. The van der Waals surface area contributed by atoms with Crippen molar-refractivity contribution in [3.05, 3.63) is 54.1 Å². The standard InChI is InChI=1S/C23H30N2O5S2/c1-30-22-12-11-19(32(28,29)25-13-7-2-3-8-14-25)15-20(22)24-23(27)17-31-16-21(26)18-9-5-4-6-10-18/h4-6,9-12,15,21,26H,2-3,7-8,13-14,16-17H2,1H3,(H,24,27)/t21-/m0/s1. The van der Waals surface area contributed by atoms with Gasteiger partial charge in [0.1, 0.15) is 5.75 Å². The first kappa shape index (κ1) is 24.6. The van der Waals surface area contributed by atoms with Crippen molar-refractivity contribution in [1.29, 1.82) is 0 Å². The first-order valence-corrected chi connectivity index (χ1v) is 13.3. The van der Waals surface area contributed by atoms with Crippen molar-refractivity contribution in [1.82, 2.24) is 4.31 Å². The quantitative estimate of drug-likeness (QED) is 0.571. The second-order valence-electron chi connectivity index (χ2n) is 7.67. The van der Waals surface area contributed by atoms with E-state index in [0.29, 0.717) is 30.3 Å². The molecular weight excluding hydrogens is 448 g/mol. The summed E-state index contributed by atoms with van der Waals surface area (Å²) in [5.74, 6) is 0.592. The third kappa shape index (κ3) is 6.48. The van der Waals surface area contributed by atoms with Crippen LogP contribution in [0.4, 0.5) is 5.69 Å². The number of carbonyl (C=O) groups excluding carboxylic acids is 1. The number of benzene rings is 2. The number of amides is 1. The first-order valence-electron chi connectivity index (χ1n) is 10.7. The number of rotatable bonds is 9. The van der Waals surface area contributed by atoms with E-state index >= 15 is 0 Å². The van der Waals surface area contributed by atoms with E-state index in [1.165, 1.54) is 35.3 Å². The molecule has 0 radical (unpaired) electrons. The van der Waals surface area contributed by atoms with E-state index in [1.54, 1.807) is 6.07 Å². The van der Waals surface area contributed by atoms with Crippen molar-refractivity contribution in [2.24, 2.45) is 0 Å². The van der Waals surface area contributed by atoms with E-state index in [9.17, 15) is 18.3 Å². The average Bonchev–Trinajstić information content (AvgIpc) is 3.10. The van der Waals surface area contributed by atoms with Crippen LogP contribution in [0.1, 0.15) is 37.4 Å². The molecule has 1 aliphatic heterocycles. The number of methoxy groups -OCH3 is 1. The first-order chi connectivity index (χ1) is 15.4. The van der Waals surface area contributed by atoms with E-state index in [2.05, 4.69) is 5.32 Å². The molecule has 3 rings (SSSR count). The summed E-state index contributed by atoms with van der Waals surface area (Å²) in [7, 11) is -2.17. The Hall–Kier alpha value is -2.07. The Morgan fingerprint density at radius 3 is 2.47 bits per heavy atom. The third-order valence-corrected chi connectivity index (χ3v) is 8.25. The van der Waals surface area contributed by atoms with Crippen LogP contribution in [-0.4, -0.2) is 55.4 Å². The largest absolute Gasteiger partial charge is 0.495 e. The molecule has 1 saturated heterocycles. The molecule has 0 saturated carbocycles. The lowest BCUT2D eigenvalue weighted by molar-refractivity contribution is -0.113. The van der Waals surface area contributed by atoms with Crippen molar-refractivity contribution in [2.75, 3.05) is 37.0 Å². The predicted molar refractivity (Wildman–Crippen MR) is 128 cm³/mol. The van der Waals surface area contributed by atoms with Gasteiger partial charge in [-0.2, -0.15) is 4.31 Å². The second kappa shape index (κ2) is 11.7. The van der Waals surface area contributed by atoms with Gasteiger partial charge < -0.3 is 15.2 Å². The zero-order chi connectivity index (χ0) is 23.0. The molecule has 1 aliphatic rings. The number of sulfonamides is 1. The highest BCUT2D eigenvalue weighted by Gasteiger charge is 2.26. The van der Waals surface area contributed by atoms with Gasteiger partial charge in [-0.1, -0.05) is 43.2 Å². The van der Waals surface area contributed by atoms with Crippen LogP contribution < -0.4 is 10.1 Å². The van der Waals surface area contributed by atoms with E-state index < -0.39 is 16.1 Å². The monoisotopic (exact) mass is 478 g/mol. The van der Waals surface area contributed by atoms with Crippen LogP contribution in [-0.2, 0) is 14.8 Å². The summed E-state index contributed by atoms with van der Waals surface area (Å²) in [5, 5.41) is 13.0. The number of ether oxygens (including phenoxy) is 1. The van der Waals surface area contributed by atoms with Crippen LogP contribution in [0, 0.1) is 0 Å². The van der Waals surface area contributed by atoms with Crippen LogP contribution in [0.3, 0.4) is 0 Å². The molecule has 174 valence electrons. The molecule has 1 fully saturated rings. The van der Waals surface area contributed by atoms with Crippen molar-refractivity contribution >= 4 is 33.4 Å². The highest BCUT2D eigenvalue weighted by molar-refractivity contribution is 8.00. The molecule has 32 heavy (non-hydrogen) atoms. The fourth-order valence-electron chi connectivity index (χ4n) is 3.60. The fraction of sp³-hybridized carbons (Fsp3) is 0.435. The Kier molecular flexibility index (Phi) is 8.98. The number of aliphatic hydroxyl groups excluding tert-OH is 1. The molecule has 2 aromatic rings. The molecule has 0 aromatic heterocycles. The van der Waals surface area contributed by atoms with E-state index in [0.717, 1.165) is 31.2 Å². The van der Waals surface area contributed by atoms with Crippen molar-refractivity contribution < 1.29 is 23.1 Å². The normalized spacial score (nSPS) is 16.2. The second-order valence-corrected chi connectivity index (χ2v) is 10.6. The summed E-state index contributed by atoms with van der Waals surface area (Å²) in [6.07, 6.45) is 3.11. The maximum atomic E-state index is 13.1. The molecule has 0 aliphatic carbocycles. The molecular formula is C23H30N2O5S2. The lowest BCUT2D eigenvalue weighted by Gasteiger charge is -2.21. The van der Waals surface area contributed by atoms with E-state index in [-0.39, 0.29) is 16.6 Å². The molecule has 0 spiro atoms. The Balaban J connectivity index is 1.64. The summed E-state index contributed by atoms with van der Waals surface area (Å²) < 4.78 is 33.0. The summed E-state index contributed by atoms with van der Waals surface area (Å²) in [4.78, 5) is 12.6. The molecule has 0 unspecified atom stereocenters. The zero-order valence-electron chi connectivity index (χ0n) is 18.2. The van der Waals surface area contributed by atoms with Crippen molar-refractivity contribution in [3.63, 3.8) is 0 Å². The average molecular weight is 479 g/mol. The SMILES string of the molecule is COc1ccc(S(=O)(=O)N2CCCCCC2)cc1NC(=O)CSC[C@H](O)c1ccccc1. The Bertz CT molecular complexity index is 991. The van der Waals surface area contributed by atoms with Gasteiger partial charge in [0, 0.05) is 18.8 Å².